The van der Waals surface area contributed by atoms with Gasteiger partial charge in [0, 0.05) is 39.0 Å². The molecule has 124 valence electrons. The Morgan fingerprint density at radius 2 is 1.91 bits per heavy atom. The van der Waals surface area contributed by atoms with E-state index in [2.05, 4.69) is 4.90 Å². The Morgan fingerprint density at radius 1 is 1.14 bits per heavy atom. The molecule has 0 spiro atoms. The van der Waals surface area contributed by atoms with Crippen molar-refractivity contribution in [1.82, 2.24) is 9.80 Å². The van der Waals surface area contributed by atoms with Crippen LogP contribution in [0.3, 0.4) is 0 Å². The van der Waals surface area contributed by atoms with Crippen LogP contribution in [0.5, 0.6) is 0 Å². The van der Waals surface area contributed by atoms with E-state index in [0.29, 0.717) is 11.8 Å². The van der Waals surface area contributed by atoms with E-state index in [1.807, 2.05) is 11.8 Å². The van der Waals surface area contributed by atoms with Crippen LogP contribution in [-0.4, -0.2) is 60.0 Å². The first-order valence-electron chi connectivity index (χ1n) is 8.86. The number of hydrogen-bond donors (Lipinski definition) is 0. The molecule has 1 amide bonds. The first-order valence-corrected chi connectivity index (χ1v) is 8.86. The minimum atomic E-state index is -0.0973. The SMILES string of the molecule is C[C@@H]1C[C@H](N2CCCN(C(=O)CC3CCCC3)CC2)C(=O)O1. The Balaban J connectivity index is 1.51. The van der Waals surface area contributed by atoms with E-state index in [1.165, 1.54) is 25.7 Å². The highest BCUT2D eigenvalue weighted by Crippen LogP contribution is 2.28. The zero-order valence-electron chi connectivity index (χ0n) is 13.6. The number of rotatable bonds is 3. The second-order valence-corrected chi connectivity index (χ2v) is 7.12. The molecule has 3 rings (SSSR count). The molecule has 3 aliphatic rings. The molecule has 0 aromatic heterocycles. The summed E-state index contributed by atoms with van der Waals surface area (Å²) < 4.78 is 5.27. The number of ether oxygens (including phenoxy) is 1. The minimum Gasteiger partial charge on any atom is -0.461 e. The van der Waals surface area contributed by atoms with Crippen LogP contribution in [0, 0.1) is 5.92 Å². The standard InChI is InChI=1S/C17H28N2O3/c1-13-11-15(17(21)22-13)18-7-4-8-19(10-9-18)16(20)12-14-5-2-3-6-14/h13-15H,2-12H2,1H3/t13-,15+/m1/s1. The second-order valence-electron chi connectivity index (χ2n) is 7.12. The Kier molecular flexibility index (Phi) is 5.01. The average Bonchev–Trinajstić information content (AvgIpc) is 3.02. The van der Waals surface area contributed by atoms with Crippen LogP contribution in [0.1, 0.15) is 51.9 Å². The Labute approximate surface area is 133 Å². The summed E-state index contributed by atoms with van der Waals surface area (Å²) in [6, 6.07) is -0.0973. The van der Waals surface area contributed by atoms with Crippen molar-refractivity contribution < 1.29 is 14.3 Å². The third-order valence-corrected chi connectivity index (χ3v) is 5.41. The number of amides is 1. The molecule has 0 aromatic rings. The second kappa shape index (κ2) is 6.99. The Bertz CT molecular complexity index is 420. The van der Waals surface area contributed by atoms with Gasteiger partial charge in [0.1, 0.15) is 12.1 Å². The van der Waals surface area contributed by atoms with Crippen LogP contribution in [0.15, 0.2) is 0 Å². The average molecular weight is 308 g/mol. The summed E-state index contributed by atoms with van der Waals surface area (Å²) in [5.74, 6) is 0.840. The number of hydrogen-bond acceptors (Lipinski definition) is 4. The van der Waals surface area contributed by atoms with Gasteiger partial charge in [0.15, 0.2) is 0 Å². The summed E-state index contributed by atoms with van der Waals surface area (Å²) >= 11 is 0. The fraction of sp³-hybridized carbons (Fsp3) is 0.882. The van der Waals surface area contributed by atoms with Crippen molar-refractivity contribution in [2.24, 2.45) is 5.92 Å². The van der Waals surface area contributed by atoms with E-state index in [0.717, 1.165) is 45.4 Å². The van der Waals surface area contributed by atoms with Crippen molar-refractivity contribution >= 4 is 11.9 Å². The third-order valence-electron chi connectivity index (χ3n) is 5.41. The quantitative estimate of drug-likeness (QED) is 0.746. The van der Waals surface area contributed by atoms with Crippen molar-refractivity contribution in [3.63, 3.8) is 0 Å². The van der Waals surface area contributed by atoms with Gasteiger partial charge in [-0.15, -0.1) is 0 Å². The molecule has 5 heteroatoms. The number of cyclic esters (lactones) is 1. The summed E-state index contributed by atoms with van der Waals surface area (Å²) in [6.45, 7) is 5.22. The molecule has 0 unspecified atom stereocenters. The van der Waals surface area contributed by atoms with Crippen LogP contribution < -0.4 is 0 Å². The zero-order chi connectivity index (χ0) is 15.5. The molecule has 0 bridgehead atoms. The van der Waals surface area contributed by atoms with Gasteiger partial charge in [0.05, 0.1) is 0 Å². The smallest absolute Gasteiger partial charge is 0.323 e. The summed E-state index contributed by atoms with van der Waals surface area (Å²) in [5, 5.41) is 0. The lowest BCUT2D eigenvalue weighted by Crippen LogP contribution is -2.41. The molecule has 2 atom stereocenters. The molecule has 0 aromatic carbocycles. The largest absolute Gasteiger partial charge is 0.461 e. The fourth-order valence-corrected chi connectivity index (χ4v) is 4.12. The lowest BCUT2D eigenvalue weighted by molar-refractivity contribution is -0.144. The van der Waals surface area contributed by atoms with Gasteiger partial charge in [-0.25, -0.2) is 0 Å². The van der Waals surface area contributed by atoms with Crippen LogP contribution in [-0.2, 0) is 14.3 Å². The van der Waals surface area contributed by atoms with E-state index < -0.39 is 0 Å². The molecule has 1 saturated carbocycles. The number of carbonyl (C=O) groups is 2. The van der Waals surface area contributed by atoms with E-state index in [-0.39, 0.29) is 18.1 Å². The van der Waals surface area contributed by atoms with Crippen molar-refractivity contribution in [3.8, 4) is 0 Å². The van der Waals surface area contributed by atoms with Crippen LogP contribution in [0.4, 0.5) is 0 Å². The maximum absolute atomic E-state index is 12.5. The zero-order valence-corrected chi connectivity index (χ0v) is 13.6. The number of nitrogens with zero attached hydrogens (tertiary/aromatic N) is 2. The lowest BCUT2D eigenvalue weighted by Gasteiger charge is -2.25. The predicted octanol–water partition coefficient (Wildman–Crippen LogP) is 1.80. The van der Waals surface area contributed by atoms with Gasteiger partial charge in [-0.05, 0) is 32.1 Å². The maximum atomic E-state index is 12.5. The molecule has 5 nitrogen and oxygen atoms in total. The van der Waals surface area contributed by atoms with Crippen LogP contribution >= 0.6 is 0 Å². The number of esters is 1. The third kappa shape index (κ3) is 3.62. The number of carbonyl (C=O) groups excluding carboxylic acids is 2. The van der Waals surface area contributed by atoms with E-state index in [9.17, 15) is 9.59 Å². The van der Waals surface area contributed by atoms with Gasteiger partial charge < -0.3 is 9.64 Å². The summed E-state index contributed by atoms with van der Waals surface area (Å²) in [4.78, 5) is 28.6. The fourth-order valence-electron chi connectivity index (χ4n) is 4.12. The highest BCUT2D eigenvalue weighted by atomic mass is 16.6. The molecule has 0 N–H and O–H groups in total. The van der Waals surface area contributed by atoms with Crippen LogP contribution in [0.2, 0.25) is 0 Å². The summed E-state index contributed by atoms with van der Waals surface area (Å²) in [7, 11) is 0. The van der Waals surface area contributed by atoms with Gasteiger partial charge in [0.2, 0.25) is 5.91 Å². The molecule has 1 aliphatic carbocycles. The van der Waals surface area contributed by atoms with Gasteiger partial charge >= 0.3 is 5.97 Å². The first kappa shape index (κ1) is 15.8. The van der Waals surface area contributed by atoms with E-state index in [1.54, 1.807) is 0 Å². The summed E-state index contributed by atoms with van der Waals surface area (Å²) in [5.41, 5.74) is 0. The predicted molar refractivity (Wildman–Crippen MR) is 83.3 cm³/mol. The molecule has 3 fully saturated rings. The molecule has 22 heavy (non-hydrogen) atoms. The Morgan fingerprint density at radius 3 is 2.59 bits per heavy atom. The molecular weight excluding hydrogens is 280 g/mol. The highest BCUT2D eigenvalue weighted by Gasteiger charge is 2.37. The molecule has 2 heterocycles. The van der Waals surface area contributed by atoms with Crippen LogP contribution in [0.25, 0.3) is 0 Å². The van der Waals surface area contributed by atoms with Crippen molar-refractivity contribution in [2.45, 2.75) is 64.0 Å². The highest BCUT2D eigenvalue weighted by molar-refractivity contribution is 5.78. The minimum absolute atomic E-state index is 0.0286. The maximum Gasteiger partial charge on any atom is 0.323 e. The topological polar surface area (TPSA) is 49.9 Å². The summed E-state index contributed by atoms with van der Waals surface area (Å²) in [6.07, 6.45) is 7.50. The molecule has 2 saturated heterocycles. The van der Waals surface area contributed by atoms with E-state index in [4.69, 9.17) is 4.74 Å². The van der Waals surface area contributed by atoms with Gasteiger partial charge in [0.25, 0.3) is 0 Å². The molecule has 0 radical (unpaired) electrons. The van der Waals surface area contributed by atoms with Gasteiger partial charge in [-0.1, -0.05) is 12.8 Å². The van der Waals surface area contributed by atoms with Crippen molar-refractivity contribution in [2.75, 3.05) is 26.2 Å². The van der Waals surface area contributed by atoms with Crippen molar-refractivity contribution in [3.05, 3.63) is 0 Å². The first-order chi connectivity index (χ1) is 10.6. The Hall–Kier alpha value is -1.10. The molecular formula is C17H28N2O3. The monoisotopic (exact) mass is 308 g/mol. The van der Waals surface area contributed by atoms with Gasteiger partial charge in [-0.3, -0.25) is 14.5 Å². The normalized spacial score (nSPS) is 31.3. The lowest BCUT2D eigenvalue weighted by atomic mass is 10.0. The van der Waals surface area contributed by atoms with E-state index >= 15 is 0 Å². The molecule has 2 aliphatic heterocycles. The van der Waals surface area contributed by atoms with Gasteiger partial charge in [-0.2, -0.15) is 0 Å². The van der Waals surface area contributed by atoms with Crippen molar-refractivity contribution in [1.29, 1.82) is 0 Å².